The van der Waals surface area contributed by atoms with Crippen LogP contribution in [0.25, 0.3) is 43.8 Å². The average molecular weight is 793 g/mol. The van der Waals surface area contributed by atoms with E-state index >= 15 is 0 Å². The van der Waals surface area contributed by atoms with E-state index in [0.29, 0.717) is 0 Å². The molecule has 0 radical (unpaired) electrons. The largest absolute Gasteiger partial charge is 4.00 e. The van der Waals surface area contributed by atoms with Crippen molar-refractivity contribution >= 4 is 40.0 Å². The first-order chi connectivity index (χ1) is 21.6. The summed E-state index contributed by atoms with van der Waals surface area (Å²) in [6.07, 6.45) is 3.16. The van der Waals surface area contributed by atoms with Crippen LogP contribution in [-0.4, -0.2) is 8.07 Å². The topological polar surface area (TPSA) is 0 Å². The van der Waals surface area contributed by atoms with Crippen molar-refractivity contribution < 1.29 is 25.8 Å². The second-order valence-electron chi connectivity index (χ2n) is 12.4. The van der Waals surface area contributed by atoms with E-state index in [2.05, 4.69) is 160 Å². The van der Waals surface area contributed by atoms with E-state index in [0.717, 1.165) is 19.3 Å². The summed E-state index contributed by atoms with van der Waals surface area (Å²) < 4.78 is 0. The number of hydrogen-bond acceptors (Lipinski definition) is 0. The molecule has 2 heteroatoms. The van der Waals surface area contributed by atoms with E-state index < -0.39 is 8.07 Å². The van der Waals surface area contributed by atoms with Gasteiger partial charge in [0.25, 0.3) is 0 Å². The smallest absolute Gasteiger partial charge is 0.358 e. The fraction of sp³-hybridized carbons (Fsp3) is 0.156. The molecule has 0 heterocycles. The second kappa shape index (κ2) is 15.5. The Kier molecular flexibility index (Phi) is 12.0. The molecule has 0 fully saturated rings. The van der Waals surface area contributed by atoms with Gasteiger partial charge in [-0.15, -0.1) is 68.3 Å². The maximum Gasteiger partial charge on any atom is 4.00 e. The van der Waals surface area contributed by atoms with E-state index in [1.54, 1.807) is 0 Å². The third kappa shape index (κ3) is 6.87. The normalized spacial score (nSPS) is 11.1. The minimum absolute atomic E-state index is 0. The number of fused-ring (bicyclic) bond motifs is 2. The Hall–Kier alpha value is -3.59. The Balaban J connectivity index is 0.00000167. The molecule has 0 nitrogen and oxygen atoms in total. The van der Waals surface area contributed by atoms with Gasteiger partial charge in [0.2, 0.25) is 0 Å². The van der Waals surface area contributed by atoms with Gasteiger partial charge < -0.3 is 14.9 Å². The fourth-order valence-electron chi connectivity index (χ4n) is 7.25. The van der Waals surface area contributed by atoms with Gasteiger partial charge in [-0.05, 0) is 53.1 Å². The molecular weight excluding hydrogens is 747 g/mol. The Morgan fingerprint density at radius 1 is 0.511 bits per heavy atom. The molecule has 0 unspecified atom stereocenters. The van der Waals surface area contributed by atoms with E-state index in [-0.39, 0.29) is 40.7 Å². The molecule has 0 N–H and O–H groups in total. The van der Waals surface area contributed by atoms with Crippen molar-refractivity contribution in [3.63, 3.8) is 0 Å². The van der Waals surface area contributed by atoms with E-state index in [1.807, 2.05) is 0 Å². The molecular formula is C45H46HfSi. The van der Waals surface area contributed by atoms with Crippen LogP contribution in [0.4, 0.5) is 0 Å². The van der Waals surface area contributed by atoms with Gasteiger partial charge in [-0.3, -0.25) is 0 Å². The predicted octanol–water partition coefficient (Wildman–Crippen LogP) is 11.2. The summed E-state index contributed by atoms with van der Waals surface area (Å²) in [5, 5.41) is 8.56. The number of aryl methyl sites for hydroxylation is 3. The van der Waals surface area contributed by atoms with Crippen molar-refractivity contribution in [1.82, 2.24) is 0 Å². The maximum atomic E-state index is 2.61. The molecule has 0 spiro atoms. The van der Waals surface area contributed by atoms with Gasteiger partial charge in [0, 0.05) is 0 Å². The molecule has 0 aliphatic rings. The second-order valence-corrected chi connectivity index (χ2v) is 16.8. The van der Waals surface area contributed by atoms with Crippen molar-refractivity contribution in [3.8, 4) is 22.3 Å². The Morgan fingerprint density at radius 3 is 1.40 bits per heavy atom. The maximum absolute atomic E-state index is 2.61. The van der Waals surface area contributed by atoms with Crippen molar-refractivity contribution in [1.29, 1.82) is 0 Å². The molecule has 7 aromatic rings. The third-order valence-electron chi connectivity index (χ3n) is 9.91. The standard InChI is InChI=1S/C43H40Si.2CH3.Hf/c1-4-32-17-9-11-21-38(32)40-23-13-19-34-27-36(29-42(34)40)44(3,26-25-31-15-7-6-8-16-31)37-28-35-20-14-24-41(43(35)30-37)39-22-12-10-18-33(39)5-2;;;/h6-24,27-30H,4-5,25-26H2,1-3H3;2*1H3;/q-2;2*-1;+4. The van der Waals surface area contributed by atoms with Gasteiger partial charge >= 0.3 is 25.8 Å². The van der Waals surface area contributed by atoms with Crippen molar-refractivity contribution in [2.75, 3.05) is 0 Å². The Labute approximate surface area is 303 Å². The zero-order valence-corrected chi connectivity index (χ0v) is 33.2. The first-order valence-electron chi connectivity index (χ1n) is 16.2. The molecule has 0 aromatic heterocycles. The van der Waals surface area contributed by atoms with Crippen molar-refractivity contribution in [3.05, 3.63) is 171 Å². The summed E-state index contributed by atoms with van der Waals surface area (Å²) in [7, 11) is -2.14. The van der Waals surface area contributed by atoms with Crippen LogP contribution in [0.15, 0.2) is 140 Å². The fourth-order valence-corrected chi connectivity index (χ4v) is 10.8. The van der Waals surface area contributed by atoms with Crippen LogP contribution in [0.3, 0.4) is 0 Å². The molecule has 0 aliphatic heterocycles. The van der Waals surface area contributed by atoms with Crippen molar-refractivity contribution in [2.45, 2.75) is 45.7 Å². The molecule has 0 aliphatic carbocycles. The predicted molar refractivity (Wildman–Crippen MR) is 207 cm³/mol. The Morgan fingerprint density at radius 2 is 0.936 bits per heavy atom. The number of rotatable bonds is 9. The first kappa shape index (κ1) is 36.2. The molecule has 0 saturated heterocycles. The Bertz CT molecular complexity index is 1930. The minimum Gasteiger partial charge on any atom is -0.358 e. The quantitative estimate of drug-likeness (QED) is 0.101. The third-order valence-corrected chi connectivity index (χ3v) is 14.3. The summed E-state index contributed by atoms with van der Waals surface area (Å²) >= 11 is 0. The van der Waals surface area contributed by atoms with Gasteiger partial charge in [0.15, 0.2) is 0 Å². The van der Waals surface area contributed by atoms with Crippen LogP contribution in [-0.2, 0) is 45.1 Å². The first-order valence-corrected chi connectivity index (χ1v) is 18.9. The molecule has 7 rings (SSSR count). The van der Waals surface area contributed by atoms with Crippen LogP contribution >= 0.6 is 0 Å². The van der Waals surface area contributed by atoms with Crippen LogP contribution in [0, 0.1) is 14.9 Å². The van der Waals surface area contributed by atoms with Gasteiger partial charge in [0.05, 0.1) is 8.07 Å². The molecule has 0 bridgehead atoms. The van der Waals surface area contributed by atoms with E-state index in [4.69, 9.17) is 0 Å². The minimum atomic E-state index is -2.14. The van der Waals surface area contributed by atoms with Crippen LogP contribution in [0.5, 0.6) is 0 Å². The van der Waals surface area contributed by atoms with Gasteiger partial charge in [0.1, 0.15) is 0 Å². The molecule has 234 valence electrons. The molecule has 0 atom stereocenters. The van der Waals surface area contributed by atoms with Crippen LogP contribution < -0.4 is 10.4 Å². The molecule has 7 aromatic carbocycles. The van der Waals surface area contributed by atoms with Crippen LogP contribution in [0.2, 0.25) is 12.6 Å². The average Bonchev–Trinajstić information content (AvgIpc) is 3.73. The zero-order chi connectivity index (χ0) is 30.1. The zero-order valence-electron chi connectivity index (χ0n) is 28.6. The molecule has 0 amide bonds. The van der Waals surface area contributed by atoms with Crippen molar-refractivity contribution in [2.24, 2.45) is 0 Å². The van der Waals surface area contributed by atoms with E-state index in [9.17, 15) is 0 Å². The summed E-state index contributed by atoms with van der Waals surface area (Å²) in [6, 6.07) is 54.0. The van der Waals surface area contributed by atoms with Gasteiger partial charge in [-0.2, -0.15) is 12.1 Å². The van der Waals surface area contributed by atoms with Crippen LogP contribution in [0.1, 0.15) is 30.5 Å². The summed E-state index contributed by atoms with van der Waals surface area (Å²) in [5.74, 6) is 0. The molecule has 0 saturated carbocycles. The summed E-state index contributed by atoms with van der Waals surface area (Å²) in [6.45, 7) is 7.13. The van der Waals surface area contributed by atoms with Gasteiger partial charge in [-0.25, -0.2) is 0 Å². The van der Waals surface area contributed by atoms with E-state index in [1.165, 1.54) is 76.9 Å². The number of hydrogen-bond donors (Lipinski definition) is 0. The summed E-state index contributed by atoms with van der Waals surface area (Å²) in [4.78, 5) is 0. The monoisotopic (exact) mass is 794 g/mol. The SMILES string of the molecule is CCc1ccccc1-c1cccc2[cH-]c([Si](C)(CCc3ccccc3)c3cc4c(-c5ccccc5CC)cccc4[cH-]3)cc12.[CH3-].[CH3-].[Hf+4]. The van der Waals surface area contributed by atoms with Gasteiger partial charge in [-0.1, -0.05) is 123 Å². The molecule has 47 heavy (non-hydrogen) atoms. The summed E-state index contributed by atoms with van der Waals surface area (Å²) in [5.41, 5.74) is 9.69. The number of benzene rings is 5.